The first-order valence-electron chi connectivity index (χ1n) is 4.65. The zero-order valence-electron chi connectivity index (χ0n) is 8.78. The lowest BCUT2D eigenvalue weighted by atomic mass is 10.3. The summed E-state index contributed by atoms with van der Waals surface area (Å²) < 4.78 is 27.5. The Balaban J connectivity index is 2.45. The Morgan fingerprint density at radius 1 is 1.47 bits per heavy atom. The van der Waals surface area contributed by atoms with E-state index in [1.807, 2.05) is 0 Å². The highest BCUT2D eigenvalue weighted by molar-refractivity contribution is 7.99. The number of thioether (sulfide) groups is 1. The molecule has 1 heterocycles. The molecule has 0 saturated heterocycles. The first-order valence-corrected chi connectivity index (χ1v) is 5.63. The first kappa shape index (κ1) is 11.8. The molecule has 7 heteroatoms. The predicted octanol–water partition coefficient (Wildman–Crippen LogP) is 2.03. The van der Waals surface area contributed by atoms with E-state index in [1.54, 1.807) is 7.05 Å². The van der Waals surface area contributed by atoms with Gasteiger partial charge < -0.3 is 9.67 Å². The zero-order chi connectivity index (χ0) is 12.6. The maximum absolute atomic E-state index is 13.0. The minimum absolute atomic E-state index is 0.151. The molecule has 90 valence electrons. The van der Waals surface area contributed by atoms with Gasteiger partial charge in [0, 0.05) is 19.2 Å². The van der Waals surface area contributed by atoms with Crippen LogP contribution in [0.4, 0.5) is 8.78 Å². The molecule has 0 spiro atoms. The molecule has 0 saturated carbocycles. The van der Waals surface area contributed by atoms with E-state index in [0.29, 0.717) is 16.2 Å². The normalized spacial score (nSPS) is 11.0. The van der Waals surface area contributed by atoms with Gasteiger partial charge in [0.05, 0.1) is 16.8 Å². The summed E-state index contributed by atoms with van der Waals surface area (Å²) in [6.07, 6.45) is 0. The van der Waals surface area contributed by atoms with Crippen LogP contribution < -0.4 is 0 Å². The molecular formula is C10H8F2N2O2S. The van der Waals surface area contributed by atoms with Gasteiger partial charge in [-0.15, -0.1) is 0 Å². The number of rotatable bonds is 3. The van der Waals surface area contributed by atoms with Gasteiger partial charge in [-0.3, -0.25) is 4.79 Å². The molecule has 0 fully saturated rings. The maximum atomic E-state index is 13.0. The third kappa shape index (κ3) is 2.23. The van der Waals surface area contributed by atoms with E-state index in [0.717, 1.165) is 23.9 Å². The van der Waals surface area contributed by atoms with Gasteiger partial charge in [0.2, 0.25) is 0 Å². The molecule has 4 nitrogen and oxygen atoms in total. The fourth-order valence-electron chi connectivity index (χ4n) is 1.42. The Hall–Kier alpha value is -1.63. The molecule has 0 aliphatic rings. The molecular weight excluding hydrogens is 250 g/mol. The Morgan fingerprint density at radius 3 is 2.76 bits per heavy atom. The monoisotopic (exact) mass is 258 g/mol. The fraction of sp³-hybridized carbons (Fsp3) is 0.200. The van der Waals surface area contributed by atoms with Crippen molar-refractivity contribution in [3.8, 4) is 0 Å². The van der Waals surface area contributed by atoms with Crippen LogP contribution >= 0.6 is 11.8 Å². The number of halogens is 2. The number of aromatic nitrogens is 2. The summed E-state index contributed by atoms with van der Waals surface area (Å²) >= 11 is 1.00. The molecule has 0 atom stereocenters. The van der Waals surface area contributed by atoms with E-state index in [1.165, 1.54) is 4.57 Å². The summed E-state index contributed by atoms with van der Waals surface area (Å²) in [7, 11) is 1.62. The number of benzene rings is 1. The number of hydrogen-bond donors (Lipinski definition) is 1. The summed E-state index contributed by atoms with van der Waals surface area (Å²) in [5, 5.41) is 8.96. The van der Waals surface area contributed by atoms with Crippen molar-refractivity contribution in [2.75, 3.05) is 5.75 Å². The second-order valence-electron chi connectivity index (χ2n) is 3.39. The highest BCUT2D eigenvalue weighted by Gasteiger charge is 2.13. The van der Waals surface area contributed by atoms with Crippen LogP contribution in [0, 0.1) is 11.6 Å². The van der Waals surface area contributed by atoms with Gasteiger partial charge >= 0.3 is 5.97 Å². The van der Waals surface area contributed by atoms with Crippen LogP contribution in [0.3, 0.4) is 0 Å². The molecule has 17 heavy (non-hydrogen) atoms. The van der Waals surface area contributed by atoms with Crippen molar-refractivity contribution >= 4 is 28.8 Å². The third-order valence-electron chi connectivity index (χ3n) is 2.21. The van der Waals surface area contributed by atoms with Crippen molar-refractivity contribution in [1.29, 1.82) is 0 Å². The molecule has 0 bridgehead atoms. The van der Waals surface area contributed by atoms with E-state index in [9.17, 15) is 13.6 Å². The number of nitrogens with zero attached hydrogens (tertiary/aromatic N) is 2. The number of carbonyl (C=O) groups is 1. The second-order valence-corrected chi connectivity index (χ2v) is 4.33. The van der Waals surface area contributed by atoms with Crippen molar-refractivity contribution < 1.29 is 18.7 Å². The molecule has 1 N–H and O–H groups in total. The second kappa shape index (κ2) is 4.33. The van der Waals surface area contributed by atoms with Gasteiger partial charge in [-0.1, -0.05) is 11.8 Å². The molecule has 1 aromatic heterocycles. The smallest absolute Gasteiger partial charge is 0.313 e. The SMILES string of the molecule is Cn1c(SCC(=O)O)nc2cc(F)c(F)cc21. The summed E-state index contributed by atoms with van der Waals surface area (Å²) in [6.45, 7) is 0. The van der Waals surface area contributed by atoms with Crippen LogP contribution in [0.25, 0.3) is 11.0 Å². The van der Waals surface area contributed by atoms with Gasteiger partial charge in [-0.05, 0) is 0 Å². The number of carboxylic acid groups (broad SMARTS) is 1. The predicted molar refractivity (Wildman–Crippen MR) is 59.0 cm³/mol. The topological polar surface area (TPSA) is 55.1 Å². The van der Waals surface area contributed by atoms with E-state index >= 15 is 0 Å². The number of hydrogen-bond acceptors (Lipinski definition) is 3. The molecule has 0 radical (unpaired) electrons. The van der Waals surface area contributed by atoms with Gasteiger partial charge in [0.15, 0.2) is 16.8 Å². The highest BCUT2D eigenvalue weighted by atomic mass is 32.2. The van der Waals surface area contributed by atoms with Gasteiger partial charge in [0.1, 0.15) is 0 Å². The molecule has 0 aliphatic carbocycles. The van der Waals surface area contributed by atoms with E-state index < -0.39 is 17.6 Å². The van der Waals surface area contributed by atoms with E-state index in [-0.39, 0.29) is 5.75 Å². The maximum Gasteiger partial charge on any atom is 0.313 e. The lowest BCUT2D eigenvalue weighted by molar-refractivity contribution is -0.133. The highest BCUT2D eigenvalue weighted by Crippen LogP contribution is 2.24. The van der Waals surface area contributed by atoms with E-state index in [4.69, 9.17) is 5.11 Å². The summed E-state index contributed by atoms with van der Waals surface area (Å²) in [4.78, 5) is 14.5. The molecule has 2 aromatic rings. The Bertz CT molecular complexity index is 597. The average Bonchev–Trinajstić information content (AvgIpc) is 2.54. The van der Waals surface area contributed by atoms with Crippen LogP contribution in [0.1, 0.15) is 0 Å². The summed E-state index contributed by atoms with van der Waals surface area (Å²) in [5.74, 6) is -3.04. The Morgan fingerprint density at radius 2 is 2.12 bits per heavy atom. The number of aliphatic carboxylic acids is 1. The van der Waals surface area contributed by atoms with Crippen LogP contribution in [0.15, 0.2) is 17.3 Å². The molecule has 2 rings (SSSR count). The van der Waals surface area contributed by atoms with Crippen LogP contribution in [-0.2, 0) is 11.8 Å². The Labute approximate surface area is 99.3 Å². The van der Waals surface area contributed by atoms with Gasteiger partial charge in [-0.2, -0.15) is 0 Å². The standard InChI is InChI=1S/C10H8F2N2O2S/c1-14-8-3-6(12)5(11)2-7(8)13-10(14)17-4-9(15)16/h2-3H,4H2,1H3,(H,15,16). The summed E-state index contributed by atoms with van der Waals surface area (Å²) in [6, 6.07) is 2.04. The minimum Gasteiger partial charge on any atom is -0.481 e. The molecule has 0 amide bonds. The molecule has 1 aromatic carbocycles. The minimum atomic E-state index is -0.973. The van der Waals surface area contributed by atoms with Crippen molar-refractivity contribution in [3.63, 3.8) is 0 Å². The third-order valence-corrected chi connectivity index (χ3v) is 3.22. The zero-order valence-corrected chi connectivity index (χ0v) is 9.59. The van der Waals surface area contributed by atoms with Crippen molar-refractivity contribution in [2.24, 2.45) is 7.05 Å². The quantitative estimate of drug-likeness (QED) is 0.856. The number of imidazole rings is 1. The average molecular weight is 258 g/mol. The largest absolute Gasteiger partial charge is 0.481 e. The van der Waals surface area contributed by atoms with Crippen molar-refractivity contribution in [3.05, 3.63) is 23.8 Å². The summed E-state index contributed by atoms with van der Waals surface area (Å²) in [5.41, 5.74) is 0.732. The van der Waals surface area contributed by atoms with Gasteiger partial charge in [-0.25, -0.2) is 13.8 Å². The number of carboxylic acids is 1. The van der Waals surface area contributed by atoms with Gasteiger partial charge in [0.25, 0.3) is 0 Å². The van der Waals surface area contributed by atoms with Crippen molar-refractivity contribution in [2.45, 2.75) is 5.16 Å². The van der Waals surface area contributed by atoms with Crippen LogP contribution in [-0.4, -0.2) is 26.4 Å². The lowest BCUT2D eigenvalue weighted by Gasteiger charge is -1.99. The number of fused-ring (bicyclic) bond motifs is 1. The van der Waals surface area contributed by atoms with Crippen LogP contribution in [0.2, 0.25) is 0 Å². The first-order chi connectivity index (χ1) is 7.99. The molecule has 0 aliphatic heterocycles. The lowest BCUT2D eigenvalue weighted by Crippen LogP contribution is -2.00. The Kier molecular flexibility index (Phi) is 3.01. The van der Waals surface area contributed by atoms with Crippen LogP contribution in [0.5, 0.6) is 0 Å². The number of aryl methyl sites for hydroxylation is 1. The van der Waals surface area contributed by atoms with E-state index in [2.05, 4.69) is 4.98 Å². The molecule has 0 unspecified atom stereocenters. The van der Waals surface area contributed by atoms with Crippen molar-refractivity contribution in [1.82, 2.24) is 9.55 Å². The fourth-order valence-corrected chi connectivity index (χ4v) is 2.13.